The number of allylic oxidation sites excluding steroid dienone is 2. The van der Waals surface area contributed by atoms with Crippen molar-refractivity contribution in [3.8, 4) is 0 Å². The summed E-state index contributed by atoms with van der Waals surface area (Å²) >= 11 is 0. The number of hydrogen-bond donors (Lipinski definition) is 2. The van der Waals surface area contributed by atoms with Gasteiger partial charge in [0.15, 0.2) is 0 Å². The van der Waals surface area contributed by atoms with E-state index in [-0.39, 0.29) is 18.0 Å². The summed E-state index contributed by atoms with van der Waals surface area (Å²) in [4.78, 5) is 2.44. The number of nitrogens with one attached hydrogen (secondary N) is 2. The summed E-state index contributed by atoms with van der Waals surface area (Å²) in [7, 11) is 0.570. The Labute approximate surface area is 180 Å². The van der Waals surface area contributed by atoms with Gasteiger partial charge in [-0.15, -0.1) is 0 Å². The fraction of sp³-hybridized carbons (Fsp3) is 0.417. The number of anilines is 2. The minimum Gasteiger partial charge on any atom is -0.378 e. The average Bonchev–Trinajstić information content (AvgIpc) is 3.22. The minimum absolute atomic E-state index is 0.0854. The van der Waals surface area contributed by atoms with Gasteiger partial charge in [-0.1, -0.05) is 31.2 Å². The van der Waals surface area contributed by atoms with Crippen LogP contribution in [0.1, 0.15) is 49.8 Å². The second kappa shape index (κ2) is 8.08. The highest BCUT2D eigenvalue weighted by Gasteiger charge is 2.38. The van der Waals surface area contributed by atoms with Crippen LogP contribution < -0.4 is 14.9 Å². The first-order valence-corrected chi connectivity index (χ1v) is 12.1. The second-order valence-corrected chi connectivity index (χ2v) is 10.4. The molecule has 160 valence electrons. The summed E-state index contributed by atoms with van der Waals surface area (Å²) in [5.74, 6) is 0.599. The van der Waals surface area contributed by atoms with Gasteiger partial charge in [0.2, 0.25) is 10.0 Å². The summed E-state index contributed by atoms with van der Waals surface area (Å²) in [6.07, 6.45) is 6.21. The Morgan fingerprint density at radius 2 is 1.90 bits per heavy atom. The van der Waals surface area contributed by atoms with Crippen LogP contribution in [0.5, 0.6) is 0 Å². The van der Waals surface area contributed by atoms with Gasteiger partial charge in [-0.05, 0) is 67.1 Å². The Balaban J connectivity index is 1.67. The van der Waals surface area contributed by atoms with E-state index < -0.39 is 10.0 Å². The summed E-state index contributed by atoms with van der Waals surface area (Å²) in [6.45, 7) is 3.86. The second-order valence-electron chi connectivity index (χ2n) is 8.64. The molecule has 0 spiro atoms. The Morgan fingerprint density at radius 3 is 2.57 bits per heavy atom. The molecule has 0 fully saturated rings. The van der Waals surface area contributed by atoms with Crippen LogP contribution >= 0.6 is 0 Å². The van der Waals surface area contributed by atoms with E-state index >= 15 is 0 Å². The van der Waals surface area contributed by atoms with Crippen molar-refractivity contribution in [3.63, 3.8) is 0 Å². The van der Waals surface area contributed by atoms with Crippen molar-refractivity contribution in [3.05, 3.63) is 65.7 Å². The molecule has 4 unspecified atom stereocenters. The average molecular weight is 426 g/mol. The normalized spacial score (nSPS) is 23.4. The van der Waals surface area contributed by atoms with Crippen molar-refractivity contribution in [2.24, 2.45) is 5.92 Å². The Morgan fingerprint density at radius 1 is 1.17 bits per heavy atom. The summed E-state index contributed by atoms with van der Waals surface area (Å²) in [5.41, 5.74) is 4.54. The molecule has 4 rings (SSSR count). The third kappa shape index (κ3) is 3.86. The predicted octanol–water partition coefficient (Wildman–Crippen LogP) is 4.66. The third-order valence-electron chi connectivity index (χ3n) is 6.38. The molecule has 0 amide bonds. The molecule has 0 saturated heterocycles. The molecule has 2 N–H and O–H groups in total. The van der Waals surface area contributed by atoms with E-state index in [2.05, 4.69) is 51.4 Å². The van der Waals surface area contributed by atoms with Gasteiger partial charge in [0.1, 0.15) is 0 Å². The van der Waals surface area contributed by atoms with Gasteiger partial charge in [-0.25, -0.2) is 13.1 Å². The third-order valence-corrected chi connectivity index (χ3v) is 7.97. The SMILES string of the molecule is CCC(C)NS(=O)(=O)c1ccc2c(c1)C1C=CCC1C(c1ccc(N(C)C)cc1)N2. The van der Waals surface area contributed by atoms with E-state index in [1.807, 2.05) is 40.1 Å². The van der Waals surface area contributed by atoms with Crippen LogP contribution in [-0.2, 0) is 10.0 Å². The standard InChI is InChI=1S/C24H31N3O2S/c1-5-16(2)26-30(28,29)19-13-14-23-22(15-19)20-7-6-8-21(20)24(25-23)17-9-11-18(12-10-17)27(3)4/h6-7,9-16,20-21,24-26H,5,8H2,1-4H3. The number of sulfonamides is 1. The molecule has 2 aliphatic rings. The van der Waals surface area contributed by atoms with Crippen molar-refractivity contribution in [1.29, 1.82) is 0 Å². The number of rotatable bonds is 6. The number of fused-ring (bicyclic) bond motifs is 3. The molecule has 0 aromatic heterocycles. The van der Waals surface area contributed by atoms with Gasteiger partial charge >= 0.3 is 0 Å². The maximum absolute atomic E-state index is 12.8. The minimum atomic E-state index is -3.52. The molecule has 5 nitrogen and oxygen atoms in total. The lowest BCUT2D eigenvalue weighted by Crippen LogP contribution is -2.33. The molecule has 1 heterocycles. The first-order valence-electron chi connectivity index (χ1n) is 10.7. The van der Waals surface area contributed by atoms with E-state index in [0.717, 1.165) is 24.1 Å². The van der Waals surface area contributed by atoms with Crippen LogP contribution in [0.25, 0.3) is 0 Å². The molecule has 30 heavy (non-hydrogen) atoms. The monoisotopic (exact) mass is 425 g/mol. The van der Waals surface area contributed by atoms with Crippen LogP contribution in [-0.4, -0.2) is 28.6 Å². The van der Waals surface area contributed by atoms with Gasteiger partial charge < -0.3 is 10.2 Å². The molecule has 1 aliphatic heterocycles. The zero-order valence-electron chi connectivity index (χ0n) is 18.1. The highest BCUT2D eigenvalue weighted by molar-refractivity contribution is 7.89. The number of benzene rings is 2. The first-order chi connectivity index (χ1) is 14.3. The maximum Gasteiger partial charge on any atom is 0.240 e. The molecule has 2 aromatic carbocycles. The zero-order chi connectivity index (χ0) is 21.5. The fourth-order valence-corrected chi connectivity index (χ4v) is 5.83. The summed E-state index contributed by atoms with van der Waals surface area (Å²) in [6, 6.07) is 14.3. The molecule has 0 saturated carbocycles. The van der Waals surface area contributed by atoms with E-state index in [0.29, 0.717) is 10.8 Å². The Bertz CT molecular complexity index is 1040. The smallest absolute Gasteiger partial charge is 0.240 e. The molecule has 2 aromatic rings. The lowest BCUT2D eigenvalue weighted by Gasteiger charge is -2.38. The number of hydrogen-bond acceptors (Lipinski definition) is 4. The first kappa shape index (κ1) is 20.9. The lowest BCUT2D eigenvalue weighted by atomic mass is 9.77. The van der Waals surface area contributed by atoms with Crippen LogP contribution in [0.15, 0.2) is 59.5 Å². The van der Waals surface area contributed by atoms with Crippen LogP contribution in [0, 0.1) is 5.92 Å². The molecule has 4 atom stereocenters. The van der Waals surface area contributed by atoms with Gasteiger partial charge in [-0.2, -0.15) is 0 Å². The Kier molecular flexibility index (Phi) is 5.64. The molecule has 1 aliphatic carbocycles. The summed E-state index contributed by atoms with van der Waals surface area (Å²) < 4.78 is 28.4. The predicted molar refractivity (Wildman–Crippen MR) is 124 cm³/mol. The van der Waals surface area contributed by atoms with Gasteiger partial charge in [-0.3, -0.25) is 0 Å². The van der Waals surface area contributed by atoms with Crippen molar-refractivity contribution < 1.29 is 8.42 Å². The summed E-state index contributed by atoms with van der Waals surface area (Å²) in [5, 5.41) is 3.70. The molecule has 0 bridgehead atoms. The van der Waals surface area contributed by atoms with Crippen molar-refractivity contribution >= 4 is 21.4 Å². The van der Waals surface area contributed by atoms with E-state index in [9.17, 15) is 8.42 Å². The largest absolute Gasteiger partial charge is 0.378 e. The molecular weight excluding hydrogens is 394 g/mol. The van der Waals surface area contributed by atoms with E-state index in [4.69, 9.17) is 0 Å². The topological polar surface area (TPSA) is 61.4 Å². The quantitative estimate of drug-likeness (QED) is 0.661. The molecule has 0 radical (unpaired) electrons. The van der Waals surface area contributed by atoms with Crippen LogP contribution in [0.3, 0.4) is 0 Å². The van der Waals surface area contributed by atoms with E-state index in [1.165, 1.54) is 11.3 Å². The van der Waals surface area contributed by atoms with Gasteiger partial charge in [0.25, 0.3) is 0 Å². The van der Waals surface area contributed by atoms with Crippen LogP contribution in [0.4, 0.5) is 11.4 Å². The fourth-order valence-electron chi connectivity index (χ4n) is 4.47. The zero-order valence-corrected chi connectivity index (χ0v) is 18.9. The van der Waals surface area contributed by atoms with Crippen molar-refractivity contribution in [1.82, 2.24) is 4.72 Å². The highest BCUT2D eigenvalue weighted by Crippen LogP contribution is 2.50. The van der Waals surface area contributed by atoms with Gasteiger partial charge in [0.05, 0.1) is 10.9 Å². The number of nitrogens with zero attached hydrogens (tertiary/aromatic N) is 1. The molecule has 6 heteroatoms. The maximum atomic E-state index is 12.8. The van der Waals surface area contributed by atoms with Gasteiger partial charge in [0, 0.05) is 37.4 Å². The Hall–Kier alpha value is -2.31. The van der Waals surface area contributed by atoms with Crippen LogP contribution in [0.2, 0.25) is 0 Å². The van der Waals surface area contributed by atoms with Crippen molar-refractivity contribution in [2.75, 3.05) is 24.3 Å². The lowest BCUT2D eigenvalue weighted by molar-refractivity contribution is 0.425. The van der Waals surface area contributed by atoms with E-state index in [1.54, 1.807) is 6.07 Å². The highest BCUT2D eigenvalue weighted by atomic mass is 32.2. The molecular formula is C24H31N3O2S. The van der Waals surface area contributed by atoms with Crippen molar-refractivity contribution in [2.45, 2.75) is 49.6 Å².